The van der Waals surface area contributed by atoms with Crippen molar-refractivity contribution in [3.63, 3.8) is 0 Å². The molecule has 0 saturated heterocycles. The lowest BCUT2D eigenvalue weighted by atomic mass is 9.78. The Bertz CT molecular complexity index is 306. The van der Waals surface area contributed by atoms with E-state index in [0.29, 0.717) is 5.82 Å². The van der Waals surface area contributed by atoms with E-state index in [9.17, 15) is 0 Å². The van der Waals surface area contributed by atoms with Crippen LogP contribution in [-0.4, -0.2) is 15.5 Å². The fourth-order valence-electron chi connectivity index (χ4n) is 1.58. The van der Waals surface area contributed by atoms with Crippen LogP contribution in [0, 0.1) is 0 Å². The summed E-state index contributed by atoms with van der Waals surface area (Å²) in [5.74, 6) is 1.25. The van der Waals surface area contributed by atoms with Crippen LogP contribution in [0.25, 0.3) is 0 Å². The van der Waals surface area contributed by atoms with Gasteiger partial charge in [0, 0.05) is 5.54 Å². The number of hydrogen-bond acceptors (Lipinski definition) is 4. The predicted octanol–water partition coefficient (Wildman–Crippen LogP) is 1.41. The molecule has 0 spiro atoms. The minimum atomic E-state index is 0.211. The Morgan fingerprint density at radius 3 is 2.77 bits per heavy atom. The molecule has 0 aliphatic heterocycles. The number of nitrogen functional groups attached to an aromatic ring is 1. The summed E-state index contributed by atoms with van der Waals surface area (Å²) in [7, 11) is 0. The summed E-state index contributed by atoms with van der Waals surface area (Å²) < 4.78 is 0. The van der Waals surface area contributed by atoms with Gasteiger partial charge in [0.15, 0.2) is 0 Å². The highest BCUT2D eigenvalue weighted by Crippen LogP contribution is 2.33. The SMILES string of the molecule is CC1(Nc2cncc(N)n2)CCC1. The molecule has 0 aromatic carbocycles. The van der Waals surface area contributed by atoms with Gasteiger partial charge in [-0.15, -0.1) is 0 Å². The number of anilines is 2. The zero-order chi connectivity index (χ0) is 9.31. The van der Waals surface area contributed by atoms with E-state index in [1.165, 1.54) is 19.3 Å². The van der Waals surface area contributed by atoms with Crippen molar-refractivity contribution in [2.45, 2.75) is 31.7 Å². The second kappa shape index (κ2) is 2.87. The Morgan fingerprint density at radius 2 is 2.23 bits per heavy atom. The predicted molar refractivity (Wildman–Crippen MR) is 52.3 cm³/mol. The standard InChI is InChI=1S/C9H14N4/c1-9(3-2-4-9)13-8-6-11-5-7(10)12-8/h5-6H,2-4H2,1H3,(H3,10,12,13). The number of hydrogen-bond donors (Lipinski definition) is 2. The van der Waals surface area contributed by atoms with Crippen molar-refractivity contribution in [2.75, 3.05) is 11.1 Å². The highest BCUT2D eigenvalue weighted by Gasteiger charge is 2.31. The van der Waals surface area contributed by atoms with Crippen LogP contribution in [0.1, 0.15) is 26.2 Å². The van der Waals surface area contributed by atoms with E-state index in [1.54, 1.807) is 12.4 Å². The van der Waals surface area contributed by atoms with Gasteiger partial charge in [-0.25, -0.2) is 4.98 Å². The van der Waals surface area contributed by atoms with Gasteiger partial charge in [-0.05, 0) is 26.2 Å². The van der Waals surface area contributed by atoms with Gasteiger partial charge in [-0.1, -0.05) is 0 Å². The van der Waals surface area contributed by atoms with Gasteiger partial charge < -0.3 is 11.1 Å². The van der Waals surface area contributed by atoms with Gasteiger partial charge in [0.2, 0.25) is 0 Å². The maximum absolute atomic E-state index is 5.52. The molecule has 1 aromatic heterocycles. The Balaban J connectivity index is 2.09. The smallest absolute Gasteiger partial charge is 0.147 e. The Hall–Kier alpha value is -1.32. The van der Waals surface area contributed by atoms with Gasteiger partial charge in [0.25, 0.3) is 0 Å². The molecule has 3 N–H and O–H groups in total. The third-order valence-corrected chi connectivity index (χ3v) is 2.54. The summed E-state index contributed by atoms with van der Waals surface area (Å²) in [6.07, 6.45) is 6.94. The number of nitrogens with one attached hydrogen (secondary N) is 1. The molecular weight excluding hydrogens is 164 g/mol. The van der Waals surface area contributed by atoms with E-state index < -0.39 is 0 Å². The molecule has 1 aliphatic rings. The first-order chi connectivity index (χ1) is 6.18. The highest BCUT2D eigenvalue weighted by atomic mass is 15.1. The fourth-order valence-corrected chi connectivity index (χ4v) is 1.58. The molecule has 1 heterocycles. The van der Waals surface area contributed by atoms with Crippen LogP contribution in [0.15, 0.2) is 12.4 Å². The number of nitrogens with two attached hydrogens (primary N) is 1. The van der Waals surface area contributed by atoms with Gasteiger partial charge in [-0.3, -0.25) is 4.98 Å². The highest BCUT2D eigenvalue weighted by molar-refractivity contribution is 5.41. The minimum Gasteiger partial charge on any atom is -0.382 e. The van der Waals surface area contributed by atoms with Crippen molar-refractivity contribution in [3.05, 3.63) is 12.4 Å². The molecule has 0 bridgehead atoms. The lowest BCUT2D eigenvalue weighted by Gasteiger charge is -2.39. The summed E-state index contributed by atoms with van der Waals surface area (Å²) in [6.45, 7) is 2.20. The molecule has 0 atom stereocenters. The number of rotatable bonds is 2. The quantitative estimate of drug-likeness (QED) is 0.718. The van der Waals surface area contributed by atoms with E-state index in [-0.39, 0.29) is 5.54 Å². The zero-order valence-electron chi connectivity index (χ0n) is 7.75. The molecule has 13 heavy (non-hydrogen) atoms. The van der Waals surface area contributed by atoms with Crippen LogP contribution in [0.5, 0.6) is 0 Å². The van der Waals surface area contributed by atoms with Crippen LogP contribution in [0.4, 0.5) is 11.6 Å². The molecule has 0 radical (unpaired) electrons. The largest absolute Gasteiger partial charge is 0.382 e. The Labute approximate surface area is 77.6 Å². The summed E-state index contributed by atoms with van der Waals surface area (Å²) in [5, 5.41) is 3.34. The number of nitrogens with zero attached hydrogens (tertiary/aromatic N) is 2. The molecule has 2 rings (SSSR count). The first-order valence-electron chi connectivity index (χ1n) is 4.54. The van der Waals surface area contributed by atoms with Crippen LogP contribution < -0.4 is 11.1 Å². The van der Waals surface area contributed by atoms with E-state index in [4.69, 9.17) is 5.73 Å². The van der Waals surface area contributed by atoms with Crippen LogP contribution in [0.3, 0.4) is 0 Å². The van der Waals surface area contributed by atoms with Crippen LogP contribution in [0.2, 0.25) is 0 Å². The van der Waals surface area contributed by atoms with Gasteiger partial charge in [0.1, 0.15) is 11.6 Å². The van der Waals surface area contributed by atoms with E-state index >= 15 is 0 Å². The first kappa shape index (κ1) is 8.29. The lowest BCUT2D eigenvalue weighted by Crippen LogP contribution is -2.41. The summed E-state index contributed by atoms with van der Waals surface area (Å²) >= 11 is 0. The Morgan fingerprint density at radius 1 is 1.46 bits per heavy atom. The first-order valence-corrected chi connectivity index (χ1v) is 4.54. The van der Waals surface area contributed by atoms with Crippen molar-refractivity contribution in [2.24, 2.45) is 0 Å². The Kier molecular flexibility index (Phi) is 1.83. The molecule has 1 fully saturated rings. The number of aromatic nitrogens is 2. The molecule has 70 valence electrons. The third kappa shape index (κ3) is 1.71. The summed E-state index contributed by atoms with van der Waals surface area (Å²) in [6, 6.07) is 0. The molecule has 4 heteroatoms. The second-order valence-electron chi connectivity index (χ2n) is 3.87. The second-order valence-corrected chi connectivity index (χ2v) is 3.87. The van der Waals surface area contributed by atoms with E-state index in [2.05, 4.69) is 22.2 Å². The maximum Gasteiger partial charge on any atom is 0.147 e. The molecular formula is C9H14N4. The van der Waals surface area contributed by atoms with Crippen molar-refractivity contribution in [3.8, 4) is 0 Å². The molecule has 1 aromatic rings. The van der Waals surface area contributed by atoms with E-state index in [1.807, 2.05) is 0 Å². The zero-order valence-corrected chi connectivity index (χ0v) is 7.75. The average molecular weight is 178 g/mol. The summed E-state index contributed by atoms with van der Waals surface area (Å²) in [4.78, 5) is 8.12. The van der Waals surface area contributed by atoms with Gasteiger partial charge >= 0.3 is 0 Å². The van der Waals surface area contributed by atoms with Crippen molar-refractivity contribution < 1.29 is 0 Å². The molecule has 1 saturated carbocycles. The maximum atomic E-state index is 5.52. The minimum absolute atomic E-state index is 0.211. The lowest BCUT2D eigenvalue weighted by molar-refractivity contribution is 0.305. The molecule has 1 aliphatic carbocycles. The van der Waals surface area contributed by atoms with Crippen molar-refractivity contribution in [1.82, 2.24) is 9.97 Å². The van der Waals surface area contributed by atoms with Crippen molar-refractivity contribution >= 4 is 11.6 Å². The molecule has 0 amide bonds. The topological polar surface area (TPSA) is 63.8 Å². The van der Waals surface area contributed by atoms with E-state index in [0.717, 1.165) is 5.82 Å². The third-order valence-electron chi connectivity index (χ3n) is 2.54. The molecule has 4 nitrogen and oxygen atoms in total. The van der Waals surface area contributed by atoms with Crippen molar-refractivity contribution in [1.29, 1.82) is 0 Å². The molecule has 0 unspecified atom stereocenters. The van der Waals surface area contributed by atoms with Crippen LogP contribution >= 0.6 is 0 Å². The van der Waals surface area contributed by atoms with Gasteiger partial charge in [-0.2, -0.15) is 0 Å². The van der Waals surface area contributed by atoms with Crippen LogP contribution in [-0.2, 0) is 0 Å². The summed E-state index contributed by atoms with van der Waals surface area (Å²) in [5.41, 5.74) is 5.73. The normalized spacial score (nSPS) is 19.2. The van der Waals surface area contributed by atoms with Gasteiger partial charge in [0.05, 0.1) is 12.4 Å². The average Bonchev–Trinajstić information content (AvgIpc) is 2.01. The fraction of sp³-hybridized carbons (Fsp3) is 0.556. The monoisotopic (exact) mass is 178 g/mol.